The van der Waals surface area contributed by atoms with Crippen LogP contribution in [0.15, 0.2) is 12.1 Å². The molecule has 0 amide bonds. The summed E-state index contributed by atoms with van der Waals surface area (Å²) in [7, 11) is 0. The molecule has 0 fully saturated rings. The fourth-order valence-corrected chi connectivity index (χ4v) is 3.46. The largest absolute Gasteiger partial charge is 0.481 e. The molecule has 0 aliphatic carbocycles. The third-order valence-electron chi connectivity index (χ3n) is 4.80. The highest BCUT2D eigenvalue weighted by molar-refractivity contribution is 6.10. The Morgan fingerprint density at radius 2 is 1.23 bits per heavy atom. The summed E-state index contributed by atoms with van der Waals surface area (Å²) >= 11 is 0. The summed E-state index contributed by atoms with van der Waals surface area (Å²) in [5, 5.41) is 17.9. The first-order valence-corrected chi connectivity index (χ1v) is 8.54. The number of carbonyl (C=O) groups excluding carboxylic acids is 2. The van der Waals surface area contributed by atoms with Gasteiger partial charge in [-0.2, -0.15) is 0 Å². The molecule has 3 rings (SSSR count). The van der Waals surface area contributed by atoms with Crippen molar-refractivity contribution in [2.75, 3.05) is 36.0 Å². The highest BCUT2D eigenvalue weighted by Gasteiger charge is 2.30. The van der Waals surface area contributed by atoms with Gasteiger partial charge in [-0.05, 0) is 12.1 Å². The molecule has 0 bridgehead atoms. The zero-order valence-electron chi connectivity index (χ0n) is 14.2. The molecule has 0 saturated heterocycles. The summed E-state index contributed by atoms with van der Waals surface area (Å²) in [5.41, 5.74) is 2.12. The van der Waals surface area contributed by atoms with E-state index < -0.39 is 11.9 Å². The van der Waals surface area contributed by atoms with E-state index in [-0.39, 0.29) is 50.3 Å². The number of carboxylic acid groups (broad SMARTS) is 2. The first kappa shape index (κ1) is 17.9. The third-order valence-corrected chi connectivity index (χ3v) is 4.80. The highest BCUT2D eigenvalue weighted by atomic mass is 16.4. The van der Waals surface area contributed by atoms with Crippen LogP contribution in [0.2, 0.25) is 0 Å². The van der Waals surface area contributed by atoms with Gasteiger partial charge in [-0.15, -0.1) is 0 Å². The number of benzene rings is 1. The van der Waals surface area contributed by atoms with Crippen molar-refractivity contribution in [3.05, 3.63) is 23.3 Å². The average molecular weight is 360 g/mol. The van der Waals surface area contributed by atoms with Gasteiger partial charge in [0.1, 0.15) is 0 Å². The van der Waals surface area contributed by atoms with Crippen molar-refractivity contribution in [1.82, 2.24) is 0 Å². The molecule has 1 aromatic carbocycles. The van der Waals surface area contributed by atoms with Crippen LogP contribution >= 0.6 is 0 Å². The van der Waals surface area contributed by atoms with Crippen molar-refractivity contribution in [3.63, 3.8) is 0 Å². The first-order chi connectivity index (χ1) is 12.4. The van der Waals surface area contributed by atoms with Gasteiger partial charge in [0.15, 0.2) is 11.6 Å². The number of rotatable bonds is 6. The zero-order chi connectivity index (χ0) is 18.8. The van der Waals surface area contributed by atoms with E-state index in [0.29, 0.717) is 35.6 Å². The van der Waals surface area contributed by atoms with Gasteiger partial charge < -0.3 is 20.0 Å². The van der Waals surface area contributed by atoms with Gasteiger partial charge in [-0.25, -0.2) is 0 Å². The average Bonchev–Trinajstić information content (AvgIpc) is 2.59. The molecular weight excluding hydrogens is 340 g/mol. The zero-order valence-corrected chi connectivity index (χ0v) is 14.2. The number of anilines is 2. The molecule has 0 atom stereocenters. The second-order valence-electron chi connectivity index (χ2n) is 6.49. The highest BCUT2D eigenvalue weighted by Crippen LogP contribution is 2.37. The van der Waals surface area contributed by atoms with E-state index in [4.69, 9.17) is 10.2 Å². The van der Waals surface area contributed by atoms with E-state index in [9.17, 15) is 19.2 Å². The van der Waals surface area contributed by atoms with Gasteiger partial charge in [-0.1, -0.05) is 0 Å². The first-order valence-electron chi connectivity index (χ1n) is 8.54. The molecule has 26 heavy (non-hydrogen) atoms. The van der Waals surface area contributed by atoms with Crippen molar-refractivity contribution >= 4 is 34.9 Å². The maximum Gasteiger partial charge on any atom is 0.305 e. The smallest absolute Gasteiger partial charge is 0.305 e. The number of Topliss-reactive ketones (excluding diaryl/α,β-unsaturated/α-hetero) is 2. The molecule has 2 heterocycles. The summed E-state index contributed by atoms with van der Waals surface area (Å²) in [6, 6.07) is 3.33. The Balaban J connectivity index is 1.99. The molecule has 138 valence electrons. The van der Waals surface area contributed by atoms with Crippen LogP contribution in [-0.4, -0.2) is 59.9 Å². The molecule has 0 unspecified atom stereocenters. The molecule has 8 nitrogen and oxygen atoms in total. The molecule has 8 heteroatoms. The van der Waals surface area contributed by atoms with Gasteiger partial charge in [-0.3, -0.25) is 19.2 Å². The normalized spacial score (nSPS) is 16.3. The molecule has 0 spiro atoms. The number of nitrogens with zero attached hydrogens (tertiary/aromatic N) is 2. The van der Waals surface area contributed by atoms with Crippen LogP contribution < -0.4 is 9.80 Å². The molecule has 1 aromatic rings. The van der Waals surface area contributed by atoms with E-state index in [1.807, 2.05) is 9.80 Å². The maximum absolute atomic E-state index is 12.3. The maximum atomic E-state index is 12.3. The van der Waals surface area contributed by atoms with Crippen molar-refractivity contribution in [1.29, 1.82) is 0 Å². The number of carboxylic acids is 2. The van der Waals surface area contributed by atoms with Crippen LogP contribution in [0.25, 0.3) is 0 Å². The Morgan fingerprint density at radius 3 is 1.62 bits per heavy atom. The Bertz CT molecular complexity index is 727. The van der Waals surface area contributed by atoms with Crippen molar-refractivity contribution in [3.8, 4) is 0 Å². The van der Waals surface area contributed by atoms with E-state index in [1.165, 1.54) is 0 Å². The SMILES string of the molecule is O=C(O)CCN1CCC(=O)c2cc3c(cc21)N(CCC(=O)O)CCC3=O. The van der Waals surface area contributed by atoms with Gasteiger partial charge >= 0.3 is 11.9 Å². The van der Waals surface area contributed by atoms with Crippen LogP contribution in [0.1, 0.15) is 46.4 Å². The second-order valence-corrected chi connectivity index (χ2v) is 6.49. The molecule has 2 N–H and O–H groups in total. The van der Waals surface area contributed by atoms with Crippen molar-refractivity contribution < 1.29 is 29.4 Å². The van der Waals surface area contributed by atoms with Crippen LogP contribution in [0.5, 0.6) is 0 Å². The standard InChI is InChI=1S/C18H20N2O6/c21-15-1-5-19(7-3-17(23)24)13-10-14-12(9-11(13)15)16(22)2-6-20(14)8-4-18(25)26/h9-10H,1-8H2,(H,23,24)(H,25,26). The van der Waals surface area contributed by atoms with Crippen LogP contribution in [0.3, 0.4) is 0 Å². The summed E-state index contributed by atoms with van der Waals surface area (Å²) in [6.07, 6.45) is 0.462. The van der Waals surface area contributed by atoms with E-state index in [2.05, 4.69) is 0 Å². The molecular formula is C18H20N2O6. The minimum Gasteiger partial charge on any atom is -0.481 e. The Labute approximate surface area is 150 Å². The van der Waals surface area contributed by atoms with Crippen LogP contribution in [0.4, 0.5) is 11.4 Å². The number of carbonyl (C=O) groups is 4. The Morgan fingerprint density at radius 1 is 0.808 bits per heavy atom. The van der Waals surface area contributed by atoms with E-state index in [0.717, 1.165) is 0 Å². The quantitative estimate of drug-likeness (QED) is 0.783. The Hall–Kier alpha value is -2.90. The van der Waals surface area contributed by atoms with E-state index >= 15 is 0 Å². The monoisotopic (exact) mass is 360 g/mol. The summed E-state index contributed by atoms with van der Waals surface area (Å²) in [4.78, 5) is 50.1. The minimum absolute atomic E-state index is 0.0492. The number of fused-ring (bicyclic) bond motifs is 2. The third kappa shape index (κ3) is 3.54. The lowest BCUT2D eigenvalue weighted by molar-refractivity contribution is -0.137. The predicted octanol–water partition coefficient (Wildman–Crippen LogP) is 1.42. The molecule has 0 radical (unpaired) electrons. The molecule has 2 aliphatic rings. The van der Waals surface area contributed by atoms with Crippen LogP contribution in [0, 0.1) is 0 Å². The fraction of sp³-hybridized carbons (Fsp3) is 0.444. The number of ketones is 2. The topological polar surface area (TPSA) is 115 Å². The summed E-state index contributed by atoms with van der Waals surface area (Å²) < 4.78 is 0. The lowest BCUT2D eigenvalue weighted by Crippen LogP contribution is -2.37. The lowest BCUT2D eigenvalue weighted by Gasteiger charge is -2.35. The number of hydrogen-bond donors (Lipinski definition) is 2. The lowest BCUT2D eigenvalue weighted by atomic mass is 9.92. The Kier molecular flexibility index (Phi) is 4.92. The predicted molar refractivity (Wildman–Crippen MR) is 93.3 cm³/mol. The second kappa shape index (κ2) is 7.15. The van der Waals surface area contributed by atoms with Crippen molar-refractivity contribution in [2.45, 2.75) is 25.7 Å². The fourth-order valence-electron chi connectivity index (χ4n) is 3.46. The number of hydrogen-bond acceptors (Lipinski definition) is 6. The van der Waals surface area contributed by atoms with Crippen molar-refractivity contribution in [2.24, 2.45) is 0 Å². The van der Waals surface area contributed by atoms with Crippen LogP contribution in [-0.2, 0) is 9.59 Å². The minimum atomic E-state index is -0.917. The van der Waals surface area contributed by atoms with Gasteiger partial charge in [0.25, 0.3) is 0 Å². The number of aliphatic carboxylic acids is 2. The molecule has 2 aliphatic heterocycles. The molecule has 0 aromatic heterocycles. The van der Waals surface area contributed by atoms with Gasteiger partial charge in [0, 0.05) is 61.5 Å². The summed E-state index contributed by atoms with van der Waals surface area (Å²) in [5.74, 6) is -1.96. The van der Waals surface area contributed by atoms with E-state index in [1.54, 1.807) is 12.1 Å². The molecule has 0 saturated carbocycles. The summed E-state index contributed by atoms with van der Waals surface area (Å²) in [6.45, 7) is 1.41. The van der Waals surface area contributed by atoms with Gasteiger partial charge in [0.2, 0.25) is 0 Å². The van der Waals surface area contributed by atoms with Gasteiger partial charge in [0.05, 0.1) is 12.8 Å².